The molecule has 2 heterocycles. The van der Waals surface area contributed by atoms with Crippen molar-refractivity contribution in [3.05, 3.63) is 24.4 Å². The summed E-state index contributed by atoms with van der Waals surface area (Å²) in [5.41, 5.74) is 0. The monoisotopic (exact) mass is 235 g/mol. The molecule has 0 spiro atoms. The molecule has 1 saturated heterocycles. The van der Waals surface area contributed by atoms with E-state index in [1.807, 2.05) is 13.0 Å². The number of urea groups is 1. The van der Waals surface area contributed by atoms with Crippen LogP contribution >= 0.6 is 0 Å². The number of carbonyl (C=O) groups excluding carboxylic acids is 1. The molecule has 2 atom stereocenters. The van der Waals surface area contributed by atoms with Gasteiger partial charge in [0.2, 0.25) is 0 Å². The van der Waals surface area contributed by atoms with Gasteiger partial charge < -0.3 is 10.0 Å². The molecule has 2 unspecified atom stereocenters. The summed E-state index contributed by atoms with van der Waals surface area (Å²) >= 11 is 0. The molecule has 0 saturated carbocycles. The molecule has 0 aliphatic carbocycles. The van der Waals surface area contributed by atoms with Crippen molar-refractivity contribution in [3.63, 3.8) is 0 Å². The number of aliphatic hydroxyl groups excluding tert-OH is 1. The Morgan fingerprint density at radius 2 is 2.41 bits per heavy atom. The first-order valence-corrected chi connectivity index (χ1v) is 5.82. The normalized spacial score (nSPS) is 24.5. The first kappa shape index (κ1) is 11.9. The highest BCUT2D eigenvalue weighted by Crippen LogP contribution is 2.17. The lowest BCUT2D eigenvalue weighted by Gasteiger charge is -2.34. The minimum atomic E-state index is -0.432. The number of likely N-dealkylation sites (tertiary alicyclic amines) is 1. The number of β-amino-alcohol motifs (C(OH)–C–C–N with tert-alkyl or cyclic N) is 1. The average molecular weight is 235 g/mol. The molecule has 0 bridgehead atoms. The van der Waals surface area contributed by atoms with Gasteiger partial charge in [0.25, 0.3) is 0 Å². The maximum Gasteiger partial charge on any atom is 0.323 e. The average Bonchev–Trinajstić information content (AvgIpc) is 2.34. The Balaban J connectivity index is 1.93. The Labute approximate surface area is 100 Å². The van der Waals surface area contributed by atoms with Crippen LogP contribution in [0.5, 0.6) is 0 Å². The van der Waals surface area contributed by atoms with E-state index in [1.54, 1.807) is 23.2 Å². The number of aromatic nitrogens is 1. The number of hydrogen-bond acceptors (Lipinski definition) is 3. The smallest absolute Gasteiger partial charge is 0.323 e. The summed E-state index contributed by atoms with van der Waals surface area (Å²) in [6.07, 6.45) is 2.03. The second-order valence-electron chi connectivity index (χ2n) is 4.42. The molecule has 2 amide bonds. The lowest BCUT2D eigenvalue weighted by molar-refractivity contribution is 0.0463. The van der Waals surface area contributed by atoms with E-state index < -0.39 is 6.10 Å². The van der Waals surface area contributed by atoms with Crippen LogP contribution in [0.25, 0.3) is 0 Å². The number of amides is 2. The van der Waals surface area contributed by atoms with Crippen molar-refractivity contribution in [1.29, 1.82) is 0 Å². The Kier molecular flexibility index (Phi) is 3.58. The molecule has 0 aromatic carbocycles. The van der Waals surface area contributed by atoms with Crippen molar-refractivity contribution < 1.29 is 9.90 Å². The summed E-state index contributed by atoms with van der Waals surface area (Å²) < 4.78 is 0. The van der Waals surface area contributed by atoms with Crippen LogP contribution in [0.4, 0.5) is 10.6 Å². The van der Waals surface area contributed by atoms with Crippen LogP contribution in [0, 0.1) is 5.92 Å². The summed E-state index contributed by atoms with van der Waals surface area (Å²) in [6.45, 7) is 3.06. The fourth-order valence-corrected chi connectivity index (χ4v) is 1.86. The Bertz CT molecular complexity index is 383. The van der Waals surface area contributed by atoms with E-state index in [1.165, 1.54) is 0 Å². The summed E-state index contributed by atoms with van der Waals surface area (Å²) in [7, 11) is 0. The van der Waals surface area contributed by atoms with Crippen LogP contribution in [0.1, 0.15) is 13.3 Å². The molecule has 1 aromatic heterocycles. The Hall–Kier alpha value is -1.62. The number of carbonyl (C=O) groups is 1. The summed E-state index contributed by atoms with van der Waals surface area (Å²) in [6, 6.07) is 5.15. The highest BCUT2D eigenvalue weighted by Gasteiger charge is 2.27. The number of pyridine rings is 1. The van der Waals surface area contributed by atoms with E-state index in [4.69, 9.17) is 0 Å². The standard InChI is InChI=1S/C12H17N3O2/c1-9-5-7-15(8-10(9)16)12(17)14-11-4-2-3-6-13-11/h2-4,6,9-10,16H,5,7-8H2,1H3,(H,13,14,17). The SMILES string of the molecule is CC1CCN(C(=O)Nc2ccccn2)CC1O. The van der Waals surface area contributed by atoms with E-state index in [2.05, 4.69) is 10.3 Å². The molecule has 1 fully saturated rings. The van der Waals surface area contributed by atoms with Gasteiger partial charge in [0.05, 0.1) is 6.10 Å². The summed E-state index contributed by atoms with van der Waals surface area (Å²) in [5, 5.41) is 12.4. The van der Waals surface area contributed by atoms with Crippen molar-refractivity contribution in [3.8, 4) is 0 Å². The van der Waals surface area contributed by atoms with Crippen molar-refractivity contribution in [2.24, 2.45) is 5.92 Å². The van der Waals surface area contributed by atoms with Gasteiger partial charge in [-0.2, -0.15) is 0 Å². The largest absolute Gasteiger partial charge is 0.391 e. The van der Waals surface area contributed by atoms with Gasteiger partial charge in [-0.15, -0.1) is 0 Å². The van der Waals surface area contributed by atoms with Crippen LogP contribution in [-0.4, -0.2) is 40.2 Å². The van der Waals surface area contributed by atoms with Crippen LogP contribution in [0.15, 0.2) is 24.4 Å². The molecular weight excluding hydrogens is 218 g/mol. The van der Waals surface area contributed by atoms with Crippen LogP contribution in [0.2, 0.25) is 0 Å². The highest BCUT2D eigenvalue weighted by atomic mass is 16.3. The number of rotatable bonds is 1. The van der Waals surface area contributed by atoms with Gasteiger partial charge in [0.15, 0.2) is 0 Å². The number of anilines is 1. The maximum absolute atomic E-state index is 11.9. The van der Waals surface area contributed by atoms with E-state index in [9.17, 15) is 9.90 Å². The predicted molar refractivity (Wildman–Crippen MR) is 64.6 cm³/mol. The quantitative estimate of drug-likeness (QED) is 0.771. The molecule has 1 aliphatic rings. The number of piperidine rings is 1. The van der Waals surface area contributed by atoms with E-state index >= 15 is 0 Å². The Morgan fingerprint density at radius 1 is 1.59 bits per heavy atom. The third kappa shape index (κ3) is 2.94. The third-order valence-corrected chi connectivity index (χ3v) is 3.11. The number of aliphatic hydroxyl groups is 1. The van der Waals surface area contributed by atoms with Gasteiger partial charge in [0.1, 0.15) is 5.82 Å². The number of hydrogen-bond donors (Lipinski definition) is 2. The molecule has 92 valence electrons. The number of nitrogens with zero attached hydrogens (tertiary/aromatic N) is 2. The predicted octanol–water partition coefficient (Wildman–Crippen LogP) is 1.32. The second kappa shape index (κ2) is 5.14. The van der Waals surface area contributed by atoms with Crippen molar-refractivity contribution >= 4 is 11.8 Å². The Morgan fingerprint density at radius 3 is 3.06 bits per heavy atom. The lowest BCUT2D eigenvalue weighted by atomic mass is 9.96. The van der Waals surface area contributed by atoms with E-state index in [0.29, 0.717) is 18.9 Å². The zero-order valence-corrected chi connectivity index (χ0v) is 9.84. The van der Waals surface area contributed by atoms with Crippen molar-refractivity contribution in [2.45, 2.75) is 19.4 Å². The van der Waals surface area contributed by atoms with Gasteiger partial charge in [-0.1, -0.05) is 13.0 Å². The molecular formula is C12H17N3O2. The van der Waals surface area contributed by atoms with Gasteiger partial charge in [0, 0.05) is 19.3 Å². The zero-order chi connectivity index (χ0) is 12.3. The highest BCUT2D eigenvalue weighted by molar-refractivity contribution is 5.88. The molecule has 1 aliphatic heterocycles. The molecule has 1 aromatic rings. The topological polar surface area (TPSA) is 65.5 Å². The van der Waals surface area contributed by atoms with E-state index in [0.717, 1.165) is 6.42 Å². The fourth-order valence-electron chi connectivity index (χ4n) is 1.86. The van der Waals surface area contributed by atoms with Crippen molar-refractivity contribution in [1.82, 2.24) is 9.88 Å². The molecule has 5 nitrogen and oxygen atoms in total. The van der Waals surface area contributed by atoms with Gasteiger partial charge >= 0.3 is 6.03 Å². The molecule has 2 rings (SSSR count). The first-order valence-electron chi connectivity index (χ1n) is 5.82. The van der Waals surface area contributed by atoms with E-state index in [-0.39, 0.29) is 11.9 Å². The van der Waals surface area contributed by atoms with Crippen molar-refractivity contribution in [2.75, 3.05) is 18.4 Å². The van der Waals surface area contributed by atoms with Gasteiger partial charge in [-0.05, 0) is 24.5 Å². The first-order chi connectivity index (χ1) is 8.16. The molecule has 0 radical (unpaired) electrons. The van der Waals surface area contributed by atoms with Gasteiger partial charge in [-0.3, -0.25) is 5.32 Å². The van der Waals surface area contributed by atoms with Gasteiger partial charge in [-0.25, -0.2) is 9.78 Å². The third-order valence-electron chi connectivity index (χ3n) is 3.11. The molecule has 17 heavy (non-hydrogen) atoms. The minimum absolute atomic E-state index is 0.199. The number of nitrogens with one attached hydrogen (secondary N) is 1. The van der Waals surface area contributed by atoms with Crippen LogP contribution in [-0.2, 0) is 0 Å². The second-order valence-corrected chi connectivity index (χ2v) is 4.42. The van der Waals surface area contributed by atoms with Crippen LogP contribution in [0.3, 0.4) is 0 Å². The zero-order valence-electron chi connectivity index (χ0n) is 9.84. The van der Waals surface area contributed by atoms with Crippen LogP contribution < -0.4 is 5.32 Å². The summed E-state index contributed by atoms with van der Waals surface area (Å²) in [4.78, 5) is 17.5. The summed E-state index contributed by atoms with van der Waals surface area (Å²) in [5.74, 6) is 0.791. The molecule has 5 heteroatoms. The fraction of sp³-hybridized carbons (Fsp3) is 0.500. The maximum atomic E-state index is 11.9. The molecule has 2 N–H and O–H groups in total. The lowest BCUT2D eigenvalue weighted by Crippen LogP contribution is -2.47. The minimum Gasteiger partial charge on any atom is -0.391 e.